The standard InChI is InChI=1S/C12H11FN2O4/c1-2-3-4-5-14-10-6-8(12(16)17)9(13)7-11(10)15(18)19/h6-7,14H,4-5H2,1H3,(H,16,17). The summed E-state index contributed by atoms with van der Waals surface area (Å²) in [5.41, 5.74) is -1.16. The van der Waals surface area contributed by atoms with Gasteiger partial charge in [-0.15, -0.1) is 11.8 Å². The van der Waals surface area contributed by atoms with Gasteiger partial charge in [-0.05, 0) is 13.0 Å². The number of nitrogens with one attached hydrogen (secondary N) is 1. The minimum atomic E-state index is -1.48. The van der Waals surface area contributed by atoms with Crippen LogP contribution in [-0.4, -0.2) is 22.5 Å². The van der Waals surface area contributed by atoms with Gasteiger partial charge in [0.2, 0.25) is 0 Å². The van der Waals surface area contributed by atoms with Gasteiger partial charge in [0, 0.05) is 13.0 Å². The van der Waals surface area contributed by atoms with Gasteiger partial charge >= 0.3 is 5.97 Å². The molecule has 2 N–H and O–H groups in total. The second-order valence-corrected chi connectivity index (χ2v) is 3.52. The molecule has 0 amide bonds. The summed E-state index contributed by atoms with van der Waals surface area (Å²) in [7, 11) is 0. The normalized spacial score (nSPS) is 9.37. The Bertz CT molecular complexity index is 575. The van der Waals surface area contributed by atoms with Crippen molar-refractivity contribution in [2.75, 3.05) is 11.9 Å². The van der Waals surface area contributed by atoms with E-state index in [1.165, 1.54) is 0 Å². The third-order valence-electron chi connectivity index (χ3n) is 2.25. The second kappa shape index (κ2) is 6.35. The van der Waals surface area contributed by atoms with Crippen molar-refractivity contribution in [2.45, 2.75) is 13.3 Å². The zero-order valence-electron chi connectivity index (χ0n) is 10.1. The zero-order valence-corrected chi connectivity index (χ0v) is 10.1. The Hall–Kier alpha value is -2.62. The first-order chi connectivity index (χ1) is 8.97. The molecule has 0 heterocycles. The molecule has 7 heteroatoms. The van der Waals surface area contributed by atoms with Crippen molar-refractivity contribution in [3.63, 3.8) is 0 Å². The number of benzene rings is 1. The summed E-state index contributed by atoms with van der Waals surface area (Å²) in [5.74, 6) is 2.77. The van der Waals surface area contributed by atoms with Gasteiger partial charge in [-0.2, -0.15) is 0 Å². The van der Waals surface area contributed by atoms with E-state index in [-0.39, 0.29) is 5.69 Å². The largest absolute Gasteiger partial charge is 0.478 e. The van der Waals surface area contributed by atoms with Gasteiger partial charge in [0.15, 0.2) is 0 Å². The van der Waals surface area contributed by atoms with E-state index < -0.39 is 28.0 Å². The molecular formula is C12H11FN2O4. The second-order valence-electron chi connectivity index (χ2n) is 3.52. The molecule has 0 bridgehead atoms. The van der Waals surface area contributed by atoms with Crippen LogP contribution in [0.1, 0.15) is 23.7 Å². The number of hydrogen-bond acceptors (Lipinski definition) is 4. The molecule has 100 valence electrons. The van der Waals surface area contributed by atoms with Crippen molar-refractivity contribution in [1.82, 2.24) is 0 Å². The van der Waals surface area contributed by atoms with E-state index in [0.717, 1.165) is 6.07 Å². The molecule has 0 aliphatic rings. The van der Waals surface area contributed by atoms with Gasteiger partial charge < -0.3 is 10.4 Å². The van der Waals surface area contributed by atoms with Crippen LogP contribution in [0.4, 0.5) is 15.8 Å². The Kier molecular flexibility index (Phi) is 4.83. The number of rotatable bonds is 5. The van der Waals surface area contributed by atoms with Crippen molar-refractivity contribution in [2.24, 2.45) is 0 Å². The quantitative estimate of drug-likeness (QED) is 0.369. The molecule has 0 saturated heterocycles. The van der Waals surface area contributed by atoms with E-state index in [1.807, 2.05) is 0 Å². The first-order valence-corrected chi connectivity index (χ1v) is 5.32. The third-order valence-corrected chi connectivity index (χ3v) is 2.25. The van der Waals surface area contributed by atoms with Crippen molar-refractivity contribution < 1.29 is 19.2 Å². The predicted molar refractivity (Wildman–Crippen MR) is 66.6 cm³/mol. The number of nitrogens with zero attached hydrogens (tertiary/aromatic N) is 1. The average Bonchev–Trinajstić information content (AvgIpc) is 2.35. The molecule has 1 aromatic carbocycles. The number of anilines is 1. The topological polar surface area (TPSA) is 92.5 Å². The summed E-state index contributed by atoms with van der Waals surface area (Å²) < 4.78 is 13.3. The van der Waals surface area contributed by atoms with Gasteiger partial charge in [0.1, 0.15) is 11.5 Å². The van der Waals surface area contributed by atoms with E-state index in [9.17, 15) is 19.3 Å². The smallest absolute Gasteiger partial charge is 0.338 e. The highest BCUT2D eigenvalue weighted by molar-refractivity contribution is 5.90. The molecule has 0 spiro atoms. The molecule has 0 radical (unpaired) electrons. The van der Waals surface area contributed by atoms with Gasteiger partial charge in [0.25, 0.3) is 5.69 Å². The monoisotopic (exact) mass is 266 g/mol. The van der Waals surface area contributed by atoms with Crippen molar-refractivity contribution in [3.8, 4) is 11.8 Å². The summed E-state index contributed by atoms with van der Waals surface area (Å²) in [6.07, 6.45) is 0.438. The Morgan fingerprint density at radius 3 is 2.79 bits per heavy atom. The molecule has 0 atom stereocenters. The van der Waals surface area contributed by atoms with Crippen LogP contribution in [0.5, 0.6) is 0 Å². The van der Waals surface area contributed by atoms with Gasteiger partial charge in [-0.25, -0.2) is 9.18 Å². The van der Waals surface area contributed by atoms with Crippen LogP contribution >= 0.6 is 0 Å². The van der Waals surface area contributed by atoms with Crippen molar-refractivity contribution in [1.29, 1.82) is 0 Å². The fraction of sp³-hybridized carbons (Fsp3) is 0.250. The lowest BCUT2D eigenvalue weighted by molar-refractivity contribution is -0.384. The molecule has 19 heavy (non-hydrogen) atoms. The molecule has 1 aromatic rings. The van der Waals surface area contributed by atoms with Gasteiger partial charge in [0.05, 0.1) is 16.6 Å². The van der Waals surface area contributed by atoms with E-state index in [2.05, 4.69) is 17.2 Å². The Morgan fingerprint density at radius 2 is 2.26 bits per heavy atom. The number of nitro benzene ring substituents is 1. The van der Waals surface area contributed by atoms with E-state index in [1.54, 1.807) is 6.92 Å². The number of hydrogen-bond donors (Lipinski definition) is 2. The van der Waals surface area contributed by atoms with Crippen LogP contribution < -0.4 is 5.32 Å². The maximum Gasteiger partial charge on any atom is 0.338 e. The van der Waals surface area contributed by atoms with E-state index in [4.69, 9.17) is 5.11 Å². The number of carbonyl (C=O) groups is 1. The first-order valence-electron chi connectivity index (χ1n) is 5.32. The van der Waals surface area contributed by atoms with Crippen molar-refractivity contribution in [3.05, 3.63) is 33.6 Å². The maximum absolute atomic E-state index is 13.3. The van der Waals surface area contributed by atoms with Crippen LogP contribution in [0, 0.1) is 27.8 Å². The summed E-state index contributed by atoms with van der Waals surface area (Å²) >= 11 is 0. The number of nitro groups is 1. The molecule has 0 aliphatic carbocycles. The zero-order chi connectivity index (χ0) is 14.4. The Labute approximate surface area is 108 Å². The van der Waals surface area contributed by atoms with Gasteiger partial charge in [-0.3, -0.25) is 10.1 Å². The highest BCUT2D eigenvalue weighted by Gasteiger charge is 2.21. The van der Waals surface area contributed by atoms with Crippen LogP contribution in [0.2, 0.25) is 0 Å². The fourth-order valence-electron chi connectivity index (χ4n) is 1.40. The van der Waals surface area contributed by atoms with E-state index in [0.29, 0.717) is 19.0 Å². The van der Waals surface area contributed by atoms with Gasteiger partial charge in [-0.1, -0.05) is 0 Å². The Balaban J connectivity index is 3.09. The molecule has 0 saturated carbocycles. The molecule has 0 aliphatic heterocycles. The molecule has 0 unspecified atom stereocenters. The SMILES string of the molecule is CC#CCCNc1cc(C(=O)O)c(F)cc1[N+](=O)[O-]. The first kappa shape index (κ1) is 14.4. The van der Waals surface area contributed by atoms with Crippen LogP contribution in [-0.2, 0) is 0 Å². The van der Waals surface area contributed by atoms with Crippen LogP contribution in [0.3, 0.4) is 0 Å². The molecule has 0 aromatic heterocycles. The fourth-order valence-corrected chi connectivity index (χ4v) is 1.40. The number of halogens is 1. The summed E-state index contributed by atoms with van der Waals surface area (Å²) in [5, 5.41) is 22.2. The predicted octanol–water partition coefficient (Wildman–Crippen LogP) is 2.26. The third kappa shape index (κ3) is 3.67. The lowest BCUT2D eigenvalue weighted by Gasteiger charge is -2.07. The highest BCUT2D eigenvalue weighted by atomic mass is 19.1. The molecule has 6 nitrogen and oxygen atoms in total. The number of carboxylic acids is 1. The highest BCUT2D eigenvalue weighted by Crippen LogP contribution is 2.27. The minimum Gasteiger partial charge on any atom is -0.478 e. The molecule has 1 rings (SSSR count). The lowest BCUT2D eigenvalue weighted by atomic mass is 10.1. The summed E-state index contributed by atoms with van der Waals surface area (Å²) in [6.45, 7) is 1.95. The van der Waals surface area contributed by atoms with Crippen molar-refractivity contribution >= 4 is 17.3 Å². The van der Waals surface area contributed by atoms with E-state index >= 15 is 0 Å². The number of aromatic carboxylic acids is 1. The summed E-state index contributed by atoms with van der Waals surface area (Å²) in [6, 6.07) is 1.51. The maximum atomic E-state index is 13.3. The summed E-state index contributed by atoms with van der Waals surface area (Å²) in [4.78, 5) is 20.8. The molecule has 0 fully saturated rings. The lowest BCUT2D eigenvalue weighted by Crippen LogP contribution is -2.08. The Morgan fingerprint density at radius 1 is 1.58 bits per heavy atom. The molecular weight excluding hydrogens is 255 g/mol. The van der Waals surface area contributed by atoms with Crippen LogP contribution in [0.25, 0.3) is 0 Å². The average molecular weight is 266 g/mol. The van der Waals surface area contributed by atoms with Crippen LogP contribution in [0.15, 0.2) is 12.1 Å². The number of carboxylic acid groups (broad SMARTS) is 1. The minimum absolute atomic E-state index is 0.0401.